The number of allylic oxidation sites excluding steroid dienone is 1. The van der Waals surface area contributed by atoms with Gasteiger partial charge in [0.25, 0.3) is 0 Å². The Morgan fingerprint density at radius 1 is 1.27 bits per heavy atom. The van der Waals surface area contributed by atoms with Gasteiger partial charge in [0.15, 0.2) is 11.8 Å². The SMILES string of the molecule is N#CNC(N)=C(C#N)C#N.[H-].[Na+]. The van der Waals surface area contributed by atoms with Gasteiger partial charge in [-0.1, -0.05) is 0 Å². The molecule has 0 heterocycles. The van der Waals surface area contributed by atoms with Gasteiger partial charge in [-0.2, -0.15) is 15.8 Å². The van der Waals surface area contributed by atoms with Crippen LogP contribution in [0.2, 0.25) is 0 Å². The number of nitrogens with zero attached hydrogens (tertiary/aromatic N) is 3. The van der Waals surface area contributed by atoms with Gasteiger partial charge in [-0.3, -0.25) is 5.32 Å². The Labute approximate surface area is 87.5 Å². The van der Waals surface area contributed by atoms with Gasteiger partial charge in [-0.05, 0) is 0 Å². The van der Waals surface area contributed by atoms with Crippen molar-refractivity contribution >= 4 is 0 Å². The molecule has 5 nitrogen and oxygen atoms in total. The average molecular weight is 157 g/mol. The smallest absolute Gasteiger partial charge is 1.00 e. The fourth-order valence-corrected chi connectivity index (χ4v) is 0.268. The zero-order valence-electron chi connectivity index (χ0n) is 6.92. The van der Waals surface area contributed by atoms with E-state index in [0.717, 1.165) is 0 Å². The third-order valence-electron chi connectivity index (χ3n) is 0.684. The first-order chi connectivity index (χ1) is 4.76. The molecule has 0 saturated carbocycles. The molecule has 11 heavy (non-hydrogen) atoms. The van der Waals surface area contributed by atoms with Crippen LogP contribution in [0.25, 0.3) is 0 Å². The average Bonchev–Trinajstić information content (AvgIpc) is 1.91. The van der Waals surface area contributed by atoms with E-state index in [1.54, 1.807) is 0 Å². The molecule has 0 spiro atoms. The number of nitrogens with two attached hydrogens (primary N) is 1. The first-order valence-electron chi connectivity index (χ1n) is 2.21. The summed E-state index contributed by atoms with van der Waals surface area (Å²) in [7, 11) is 0. The maximum Gasteiger partial charge on any atom is 1.00 e. The van der Waals surface area contributed by atoms with Gasteiger partial charge in [0, 0.05) is 0 Å². The molecule has 0 aromatic carbocycles. The van der Waals surface area contributed by atoms with Crippen molar-refractivity contribution in [3.63, 3.8) is 0 Å². The quantitative estimate of drug-likeness (QED) is 0.177. The zero-order chi connectivity index (χ0) is 7.98. The molecule has 0 atom stereocenters. The summed E-state index contributed by atoms with van der Waals surface area (Å²) >= 11 is 0. The van der Waals surface area contributed by atoms with E-state index in [0.29, 0.717) is 0 Å². The topological polar surface area (TPSA) is 109 Å². The van der Waals surface area contributed by atoms with Gasteiger partial charge < -0.3 is 7.16 Å². The van der Waals surface area contributed by atoms with Gasteiger partial charge >= 0.3 is 29.6 Å². The van der Waals surface area contributed by atoms with Crippen molar-refractivity contribution in [1.29, 1.82) is 15.8 Å². The summed E-state index contributed by atoms with van der Waals surface area (Å²) in [6, 6.07) is 3.03. The van der Waals surface area contributed by atoms with Crippen molar-refractivity contribution in [3.05, 3.63) is 11.4 Å². The second-order valence-corrected chi connectivity index (χ2v) is 1.25. The number of rotatable bonds is 1. The van der Waals surface area contributed by atoms with Crippen LogP contribution < -0.4 is 40.6 Å². The summed E-state index contributed by atoms with van der Waals surface area (Å²) in [6.07, 6.45) is 1.48. The zero-order valence-corrected chi connectivity index (χ0v) is 7.92. The van der Waals surface area contributed by atoms with Crippen LogP contribution in [-0.2, 0) is 0 Å². The normalized spacial score (nSPS) is 5.55. The fraction of sp³-hybridized carbons (Fsp3) is 0. The molecule has 6 heteroatoms. The summed E-state index contributed by atoms with van der Waals surface area (Å²) in [6.45, 7) is 0. The Bertz CT molecular complexity index is 262. The molecule has 0 rings (SSSR count). The van der Waals surface area contributed by atoms with Crippen molar-refractivity contribution in [1.82, 2.24) is 5.32 Å². The van der Waals surface area contributed by atoms with Crippen molar-refractivity contribution in [3.8, 4) is 18.3 Å². The van der Waals surface area contributed by atoms with E-state index in [9.17, 15) is 0 Å². The number of hydrogen-bond acceptors (Lipinski definition) is 5. The summed E-state index contributed by atoms with van der Waals surface area (Å²) in [5.74, 6) is -0.215. The van der Waals surface area contributed by atoms with E-state index in [1.165, 1.54) is 18.3 Å². The molecule has 0 aromatic heterocycles. The minimum Gasteiger partial charge on any atom is -1.00 e. The summed E-state index contributed by atoms with van der Waals surface area (Å²) in [5, 5.41) is 26.3. The molecule has 0 unspecified atom stereocenters. The van der Waals surface area contributed by atoms with Crippen LogP contribution in [0.15, 0.2) is 11.4 Å². The third kappa shape index (κ3) is 4.25. The van der Waals surface area contributed by atoms with E-state index >= 15 is 0 Å². The third-order valence-corrected chi connectivity index (χ3v) is 0.684. The molecule has 0 radical (unpaired) electrons. The molecule has 0 saturated heterocycles. The maximum absolute atomic E-state index is 8.16. The summed E-state index contributed by atoms with van der Waals surface area (Å²) in [4.78, 5) is 0. The standard InChI is InChI=1S/C5H3N5.Na.H/c6-1-4(2-7)5(9)10-3-8;;/h10H,9H2;;/q;+1;-1. The molecule has 0 aromatic rings. The fourth-order valence-electron chi connectivity index (χ4n) is 0.268. The van der Waals surface area contributed by atoms with Crippen molar-refractivity contribution in [2.45, 2.75) is 0 Å². The Morgan fingerprint density at radius 2 is 1.73 bits per heavy atom. The van der Waals surface area contributed by atoms with Gasteiger partial charge in [-0.25, -0.2) is 0 Å². The van der Waals surface area contributed by atoms with Crippen LogP contribution in [0, 0.1) is 34.1 Å². The Kier molecular flexibility index (Phi) is 7.86. The number of nitrogens with one attached hydrogen (secondary N) is 1. The molecule has 0 aliphatic carbocycles. The maximum atomic E-state index is 8.16. The Balaban J connectivity index is -0.000000405. The number of nitriles is 3. The van der Waals surface area contributed by atoms with Gasteiger partial charge in [-0.15, -0.1) is 0 Å². The minimum absolute atomic E-state index is 0. The molecule has 0 aliphatic heterocycles. The first-order valence-corrected chi connectivity index (χ1v) is 2.21. The van der Waals surface area contributed by atoms with Crippen molar-refractivity contribution < 1.29 is 31.0 Å². The molecule has 3 N–H and O–H groups in total. The number of hydrogen-bond donors (Lipinski definition) is 2. The second kappa shape index (κ2) is 6.92. The molecule has 0 fully saturated rings. The van der Waals surface area contributed by atoms with E-state index in [2.05, 4.69) is 0 Å². The van der Waals surface area contributed by atoms with E-state index in [-0.39, 0.29) is 42.4 Å². The van der Waals surface area contributed by atoms with Crippen LogP contribution >= 0.6 is 0 Å². The van der Waals surface area contributed by atoms with Gasteiger partial charge in [0.05, 0.1) is 0 Å². The van der Waals surface area contributed by atoms with E-state index in [4.69, 9.17) is 21.5 Å². The van der Waals surface area contributed by atoms with Crippen molar-refractivity contribution in [2.24, 2.45) is 5.73 Å². The van der Waals surface area contributed by atoms with E-state index in [1.807, 2.05) is 5.32 Å². The second-order valence-electron chi connectivity index (χ2n) is 1.25. The van der Waals surface area contributed by atoms with Crippen LogP contribution in [0.5, 0.6) is 0 Å². The Hall–Kier alpha value is -1.19. The first kappa shape index (κ1) is 12.5. The molecular formula is C5H4N5Na. The summed E-state index contributed by atoms with van der Waals surface area (Å²) < 4.78 is 0. The van der Waals surface area contributed by atoms with Crippen LogP contribution in [-0.4, -0.2) is 0 Å². The van der Waals surface area contributed by atoms with E-state index < -0.39 is 0 Å². The van der Waals surface area contributed by atoms with Crippen LogP contribution in [0.4, 0.5) is 0 Å². The monoisotopic (exact) mass is 157 g/mol. The molecule has 0 bridgehead atoms. The van der Waals surface area contributed by atoms with Gasteiger partial charge in [0.2, 0.25) is 0 Å². The Morgan fingerprint density at radius 3 is 2.00 bits per heavy atom. The molecule has 50 valence electrons. The predicted molar refractivity (Wildman–Crippen MR) is 32.3 cm³/mol. The van der Waals surface area contributed by atoms with Crippen LogP contribution in [0.3, 0.4) is 0 Å². The van der Waals surface area contributed by atoms with Crippen molar-refractivity contribution in [2.75, 3.05) is 0 Å². The minimum atomic E-state index is -0.290. The predicted octanol–water partition coefficient (Wildman–Crippen LogP) is -3.61. The van der Waals surface area contributed by atoms with Crippen LogP contribution in [0.1, 0.15) is 1.43 Å². The summed E-state index contributed by atoms with van der Waals surface area (Å²) in [5.41, 5.74) is 4.76. The molecule has 0 aliphatic rings. The molecular weight excluding hydrogens is 153 g/mol. The largest absolute Gasteiger partial charge is 1.00 e. The van der Waals surface area contributed by atoms with Gasteiger partial charge in [0.1, 0.15) is 18.0 Å². The molecule has 0 amide bonds.